The van der Waals surface area contributed by atoms with Gasteiger partial charge in [-0.1, -0.05) is 11.6 Å². The average molecular weight is 393 g/mol. The van der Waals surface area contributed by atoms with Crippen LogP contribution in [0, 0.1) is 18.3 Å². The summed E-state index contributed by atoms with van der Waals surface area (Å²) in [6, 6.07) is 6.67. The minimum atomic E-state index is -0.528. The lowest BCUT2D eigenvalue weighted by Crippen LogP contribution is -2.13. The van der Waals surface area contributed by atoms with Crippen molar-refractivity contribution in [2.45, 2.75) is 26.9 Å². The Morgan fingerprint density at radius 3 is 2.62 bits per heavy atom. The molecular formula is C18H17ClN2O4S. The molecule has 2 rings (SSSR count). The van der Waals surface area contributed by atoms with Crippen LogP contribution in [0.5, 0.6) is 5.75 Å². The highest BCUT2D eigenvalue weighted by molar-refractivity contribution is 7.18. The topological polar surface area (TPSA) is 88.4 Å². The van der Waals surface area contributed by atoms with Crippen LogP contribution >= 0.6 is 22.9 Å². The number of nitrogens with one attached hydrogen (secondary N) is 1. The van der Waals surface area contributed by atoms with Gasteiger partial charge in [-0.2, -0.15) is 5.26 Å². The normalized spacial score (nSPS) is 10.3. The van der Waals surface area contributed by atoms with Crippen molar-refractivity contribution in [1.82, 2.24) is 0 Å². The minimum absolute atomic E-state index is 0.222. The first-order chi connectivity index (χ1) is 12.3. The molecule has 0 spiro atoms. The van der Waals surface area contributed by atoms with Crippen LogP contribution in [0.3, 0.4) is 0 Å². The fraction of sp³-hybridized carbons (Fsp3) is 0.278. The van der Waals surface area contributed by atoms with Crippen molar-refractivity contribution in [3.05, 3.63) is 44.8 Å². The summed E-state index contributed by atoms with van der Waals surface area (Å²) in [5, 5.41) is 12.7. The molecular weight excluding hydrogens is 376 g/mol. The predicted octanol–water partition coefficient (Wildman–Crippen LogP) is 4.41. The molecule has 0 unspecified atom stereocenters. The first-order valence-electron chi connectivity index (χ1n) is 7.67. The molecule has 0 radical (unpaired) electrons. The summed E-state index contributed by atoms with van der Waals surface area (Å²) in [6.45, 7) is 5.11. The third-order valence-electron chi connectivity index (χ3n) is 3.42. The van der Waals surface area contributed by atoms with Crippen LogP contribution in [0.1, 0.15) is 45.0 Å². The smallest absolute Gasteiger partial charge is 0.348 e. The fourth-order valence-corrected chi connectivity index (χ4v) is 3.43. The van der Waals surface area contributed by atoms with Crippen molar-refractivity contribution in [3.8, 4) is 11.8 Å². The molecule has 1 heterocycles. The second kappa shape index (κ2) is 8.21. The van der Waals surface area contributed by atoms with Gasteiger partial charge in [-0.25, -0.2) is 4.79 Å². The summed E-state index contributed by atoms with van der Waals surface area (Å²) in [7, 11) is 1.44. The van der Waals surface area contributed by atoms with Crippen LogP contribution in [0.2, 0.25) is 5.02 Å². The second-order valence-corrected chi connectivity index (χ2v) is 7.08. The Balaban J connectivity index is 2.38. The molecule has 1 amide bonds. The second-order valence-electron chi connectivity index (χ2n) is 5.62. The van der Waals surface area contributed by atoms with E-state index in [0.717, 1.165) is 11.3 Å². The number of carbonyl (C=O) groups is 2. The van der Waals surface area contributed by atoms with Gasteiger partial charge in [0.2, 0.25) is 0 Å². The third-order valence-corrected chi connectivity index (χ3v) is 4.84. The number of benzene rings is 1. The van der Waals surface area contributed by atoms with Crippen LogP contribution in [-0.2, 0) is 4.74 Å². The quantitative estimate of drug-likeness (QED) is 0.761. The van der Waals surface area contributed by atoms with E-state index in [4.69, 9.17) is 21.1 Å². The van der Waals surface area contributed by atoms with Crippen LogP contribution in [0.15, 0.2) is 18.2 Å². The maximum absolute atomic E-state index is 12.6. The number of hydrogen-bond acceptors (Lipinski definition) is 6. The average Bonchev–Trinajstić information content (AvgIpc) is 2.89. The molecule has 1 aromatic heterocycles. The number of carbonyl (C=O) groups excluding carboxylic acids is 2. The van der Waals surface area contributed by atoms with E-state index in [1.54, 1.807) is 32.9 Å². The molecule has 0 bridgehead atoms. The summed E-state index contributed by atoms with van der Waals surface area (Å²) in [5.74, 6) is -0.677. The molecule has 1 aromatic carbocycles. The zero-order valence-electron chi connectivity index (χ0n) is 14.7. The first kappa shape index (κ1) is 19.8. The van der Waals surface area contributed by atoms with E-state index >= 15 is 0 Å². The van der Waals surface area contributed by atoms with Gasteiger partial charge in [0.05, 0.1) is 24.3 Å². The Morgan fingerprint density at radius 2 is 2.04 bits per heavy atom. The molecule has 0 saturated carbocycles. The van der Waals surface area contributed by atoms with Gasteiger partial charge in [0.1, 0.15) is 21.7 Å². The summed E-state index contributed by atoms with van der Waals surface area (Å²) >= 11 is 6.95. The van der Waals surface area contributed by atoms with Crippen molar-refractivity contribution < 1.29 is 19.1 Å². The van der Waals surface area contributed by atoms with Crippen LogP contribution in [0.4, 0.5) is 5.00 Å². The summed E-state index contributed by atoms with van der Waals surface area (Å²) in [4.78, 5) is 25.1. The van der Waals surface area contributed by atoms with E-state index in [2.05, 4.69) is 5.32 Å². The summed E-state index contributed by atoms with van der Waals surface area (Å²) in [6.07, 6.45) is -0.289. The number of amides is 1. The standard InChI is InChI=1S/C18H17ClN2O4S/c1-9(2)25-18(23)15-10(3)13(8-20)17(26-15)21-16(22)12-7-11(19)5-6-14(12)24-4/h5-7,9H,1-4H3,(H,21,22). The molecule has 0 aliphatic carbocycles. The largest absolute Gasteiger partial charge is 0.496 e. The van der Waals surface area contributed by atoms with E-state index in [9.17, 15) is 14.9 Å². The minimum Gasteiger partial charge on any atom is -0.496 e. The zero-order chi connectivity index (χ0) is 19.4. The highest BCUT2D eigenvalue weighted by Gasteiger charge is 2.24. The number of nitriles is 1. The van der Waals surface area contributed by atoms with Gasteiger partial charge in [-0.3, -0.25) is 4.79 Å². The van der Waals surface area contributed by atoms with E-state index in [0.29, 0.717) is 16.3 Å². The monoisotopic (exact) mass is 392 g/mol. The van der Waals surface area contributed by atoms with Gasteiger partial charge >= 0.3 is 5.97 Å². The van der Waals surface area contributed by atoms with Gasteiger partial charge in [0, 0.05) is 5.02 Å². The van der Waals surface area contributed by atoms with Crippen molar-refractivity contribution in [2.24, 2.45) is 0 Å². The maximum atomic E-state index is 12.6. The highest BCUT2D eigenvalue weighted by atomic mass is 35.5. The van der Waals surface area contributed by atoms with Crippen LogP contribution < -0.4 is 10.1 Å². The van der Waals surface area contributed by atoms with Crippen molar-refractivity contribution in [2.75, 3.05) is 12.4 Å². The molecule has 26 heavy (non-hydrogen) atoms. The zero-order valence-corrected chi connectivity index (χ0v) is 16.2. The van der Waals surface area contributed by atoms with Gasteiger partial charge < -0.3 is 14.8 Å². The fourth-order valence-electron chi connectivity index (χ4n) is 2.23. The van der Waals surface area contributed by atoms with E-state index in [-0.39, 0.29) is 27.1 Å². The van der Waals surface area contributed by atoms with Crippen molar-refractivity contribution in [1.29, 1.82) is 5.26 Å². The first-order valence-corrected chi connectivity index (χ1v) is 8.87. The van der Waals surface area contributed by atoms with Crippen molar-refractivity contribution in [3.63, 3.8) is 0 Å². The number of hydrogen-bond donors (Lipinski definition) is 1. The molecule has 1 N–H and O–H groups in total. The predicted molar refractivity (Wildman–Crippen MR) is 100 cm³/mol. The van der Waals surface area contributed by atoms with Crippen LogP contribution in [-0.4, -0.2) is 25.1 Å². The lowest BCUT2D eigenvalue weighted by Gasteiger charge is -2.09. The van der Waals surface area contributed by atoms with E-state index in [1.807, 2.05) is 6.07 Å². The molecule has 0 aliphatic heterocycles. The number of methoxy groups -OCH3 is 1. The lowest BCUT2D eigenvalue weighted by molar-refractivity contribution is 0.0383. The lowest BCUT2D eigenvalue weighted by atomic mass is 10.1. The number of nitrogens with zero attached hydrogens (tertiary/aromatic N) is 1. The number of ether oxygens (including phenoxy) is 2. The SMILES string of the molecule is COc1ccc(Cl)cc1C(=O)Nc1sc(C(=O)OC(C)C)c(C)c1C#N. The Hall–Kier alpha value is -2.56. The summed E-state index contributed by atoms with van der Waals surface area (Å²) < 4.78 is 10.4. The van der Waals surface area contributed by atoms with Crippen LogP contribution in [0.25, 0.3) is 0 Å². The number of anilines is 1. The molecule has 0 atom stereocenters. The highest BCUT2D eigenvalue weighted by Crippen LogP contribution is 2.34. The Labute approximate surface area is 160 Å². The molecule has 8 heteroatoms. The molecule has 2 aromatic rings. The van der Waals surface area contributed by atoms with Gasteiger partial charge in [0.25, 0.3) is 5.91 Å². The molecule has 0 fully saturated rings. The number of esters is 1. The molecule has 0 aliphatic rings. The number of thiophene rings is 1. The van der Waals surface area contributed by atoms with E-state index < -0.39 is 11.9 Å². The molecule has 136 valence electrons. The van der Waals surface area contributed by atoms with Gasteiger partial charge in [0.15, 0.2) is 0 Å². The van der Waals surface area contributed by atoms with Gasteiger partial charge in [-0.05, 0) is 44.5 Å². The molecule has 0 saturated heterocycles. The third kappa shape index (κ3) is 4.15. The Kier molecular flexibility index (Phi) is 6.24. The van der Waals surface area contributed by atoms with E-state index in [1.165, 1.54) is 13.2 Å². The van der Waals surface area contributed by atoms with Gasteiger partial charge in [-0.15, -0.1) is 11.3 Å². The number of halogens is 1. The Morgan fingerprint density at radius 1 is 1.35 bits per heavy atom. The van der Waals surface area contributed by atoms with Crippen molar-refractivity contribution >= 4 is 39.8 Å². The maximum Gasteiger partial charge on any atom is 0.348 e. The Bertz CT molecular complexity index is 899. The number of rotatable bonds is 5. The summed E-state index contributed by atoms with van der Waals surface area (Å²) in [5.41, 5.74) is 0.915. The molecule has 6 nitrogen and oxygen atoms in total.